The second-order valence-corrected chi connectivity index (χ2v) is 6.42. The normalized spacial score (nSPS) is 24.1. The molecule has 1 atom stereocenters. The van der Waals surface area contributed by atoms with E-state index >= 15 is 0 Å². The summed E-state index contributed by atoms with van der Waals surface area (Å²) in [6, 6.07) is 5.97. The molecule has 1 saturated heterocycles. The topological polar surface area (TPSA) is 41.6 Å². The molecule has 2 aliphatic heterocycles. The van der Waals surface area contributed by atoms with Crippen molar-refractivity contribution in [2.45, 2.75) is 38.9 Å². The Morgan fingerprint density at radius 3 is 3.00 bits per heavy atom. The van der Waals surface area contributed by atoms with Crippen molar-refractivity contribution in [2.75, 3.05) is 25.0 Å². The van der Waals surface area contributed by atoms with E-state index in [1.807, 2.05) is 43.9 Å². The number of hydrogen-bond acceptors (Lipinski definition) is 3. The van der Waals surface area contributed by atoms with E-state index in [1.54, 1.807) is 0 Å². The van der Waals surface area contributed by atoms with Gasteiger partial charge in [0.2, 0.25) is 0 Å². The summed E-state index contributed by atoms with van der Waals surface area (Å²) < 4.78 is 5.86. The molecule has 1 fully saturated rings. The van der Waals surface area contributed by atoms with Gasteiger partial charge < -0.3 is 15.0 Å². The summed E-state index contributed by atoms with van der Waals surface area (Å²) in [6.45, 7) is 8.37. The van der Waals surface area contributed by atoms with Crippen LogP contribution in [-0.2, 0) is 11.2 Å². The molecule has 1 unspecified atom stereocenters. The Kier molecular flexibility index (Phi) is 3.21. The van der Waals surface area contributed by atoms with Gasteiger partial charge in [-0.25, -0.2) is 0 Å². The number of rotatable bonds is 1. The van der Waals surface area contributed by atoms with Crippen LogP contribution in [0, 0.1) is 0 Å². The average Bonchev–Trinajstić information content (AvgIpc) is 2.82. The SMILES string of the molecule is CC1CN(C(=O)c2ccc3c(c2)CCN3)CC(C)(C)O1. The molecule has 108 valence electrons. The minimum Gasteiger partial charge on any atom is -0.384 e. The van der Waals surface area contributed by atoms with Crippen molar-refractivity contribution in [1.29, 1.82) is 0 Å². The Hall–Kier alpha value is -1.55. The Morgan fingerprint density at radius 1 is 1.45 bits per heavy atom. The Morgan fingerprint density at radius 2 is 2.25 bits per heavy atom. The fourth-order valence-electron chi connectivity index (χ4n) is 3.23. The van der Waals surface area contributed by atoms with Crippen LogP contribution in [0.2, 0.25) is 0 Å². The first-order valence-corrected chi connectivity index (χ1v) is 7.28. The van der Waals surface area contributed by atoms with E-state index in [1.165, 1.54) is 5.56 Å². The van der Waals surface area contributed by atoms with Crippen molar-refractivity contribution in [3.05, 3.63) is 29.3 Å². The number of hydrogen-bond donors (Lipinski definition) is 1. The van der Waals surface area contributed by atoms with Crippen LogP contribution in [0.3, 0.4) is 0 Å². The summed E-state index contributed by atoms with van der Waals surface area (Å²) in [5.41, 5.74) is 2.93. The molecule has 0 spiro atoms. The molecule has 4 heteroatoms. The van der Waals surface area contributed by atoms with Crippen LogP contribution in [0.15, 0.2) is 18.2 Å². The van der Waals surface area contributed by atoms with Gasteiger partial charge in [-0.1, -0.05) is 0 Å². The fourth-order valence-corrected chi connectivity index (χ4v) is 3.23. The Balaban J connectivity index is 1.81. The van der Waals surface area contributed by atoms with Gasteiger partial charge in [0.05, 0.1) is 11.7 Å². The van der Waals surface area contributed by atoms with Gasteiger partial charge in [-0.2, -0.15) is 0 Å². The van der Waals surface area contributed by atoms with E-state index < -0.39 is 0 Å². The molecule has 0 aliphatic carbocycles. The first-order chi connectivity index (χ1) is 9.44. The number of anilines is 1. The lowest BCUT2D eigenvalue weighted by Gasteiger charge is -2.41. The summed E-state index contributed by atoms with van der Waals surface area (Å²) in [6.07, 6.45) is 1.08. The van der Waals surface area contributed by atoms with Crippen molar-refractivity contribution in [3.63, 3.8) is 0 Å². The van der Waals surface area contributed by atoms with Crippen LogP contribution in [0.25, 0.3) is 0 Å². The molecule has 2 heterocycles. The summed E-state index contributed by atoms with van der Waals surface area (Å²) in [7, 11) is 0. The summed E-state index contributed by atoms with van der Waals surface area (Å²) >= 11 is 0. The molecule has 4 nitrogen and oxygen atoms in total. The number of ether oxygens (including phenoxy) is 1. The summed E-state index contributed by atoms with van der Waals surface area (Å²) in [5, 5.41) is 3.32. The third kappa shape index (κ3) is 2.52. The first-order valence-electron chi connectivity index (χ1n) is 7.28. The zero-order valence-corrected chi connectivity index (χ0v) is 12.4. The van der Waals surface area contributed by atoms with Gasteiger partial charge in [0.15, 0.2) is 0 Å². The number of carbonyl (C=O) groups is 1. The molecule has 20 heavy (non-hydrogen) atoms. The van der Waals surface area contributed by atoms with E-state index in [9.17, 15) is 4.79 Å². The van der Waals surface area contributed by atoms with Gasteiger partial charge in [0, 0.05) is 30.9 Å². The minimum absolute atomic E-state index is 0.0822. The van der Waals surface area contributed by atoms with Gasteiger partial charge in [-0.05, 0) is 51.0 Å². The second-order valence-electron chi connectivity index (χ2n) is 6.42. The van der Waals surface area contributed by atoms with Gasteiger partial charge in [-0.3, -0.25) is 4.79 Å². The molecule has 0 aromatic heterocycles. The lowest BCUT2D eigenvalue weighted by molar-refractivity contribution is -0.118. The first kappa shape index (κ1) is 13.4. The van der Waals surface area contributed by atoms with Gasteiger partial charge in [0.1, 0.15) is 0 Å². The number of carbonyl (C=O) groups excluding carboxylic acids is 1. The Labute approximate surface area is 120 Å². The third-order valence-corrected chi connectivity index (χ3v) is 3.92. The molecule has 3 rings (SSSR count). The molecular formula is C16H22N2O2. The van der Waals surface area contributed by atoms with Crippen LogP contribution in [0.4, 0.5) is 5.69 Å². The third-order valence-electron chi connectivity index (χ3n) is 3.92. The largest absolute Gasteiger partial charge is 0.384 e. The summed E-state index contributed by atoms with van der Waals surface area (Å²) in [5.74, 6) is 0.114. The Bertz CT molecular complexity index is 539. The van der Waals surface area contributed by atoms with Crippen molar-refractivity contribution in [3.8, 4) is 0 Å². The summed E-state index contributed by atoms with van der Waals surface area (Å²) in [4.78, 5) is 14.6. The number of nitrogens with zero attached hydrogens (tertiary/aromatic N) is 1. The maximum Gasteiger partial charge on any atom is 0.254 e. The molecule has 1 aromatic carbocycles. The molecule has 1 aromatic rings. The van der Waals surface area contributed by atoms with Gasteiger partial charge in [-0.15, -0.1) is 0 Å². The standard InChI is InChI=1S/C16H22N2O2/c1-11-9-18(10-16(2,3)20-11)15(19)13-4-5-14-12(8-13)6-7-17-14/h4-5,8,11,17H,6-7,9-10H2,1-3H3. The van der Waals surface area contributed by atoms with E-state index in [2.05, 4.69) is 5.32 Å². The van der Waals surface area contributed by atoms with Crippen molar-refractivity contribution in [1.82, 2.24) is 4.90 Å². The highest BCUT2D eigenvalue weighted by atomic mass is 16.5. The lowest BCUT2D eigenvalue weighted by Crippen LogP contribution is -2.53. The van der Waals surface area contributed by atoms with Crippen molar-refractivity contribution in [2.24, 2.45) is 0 Å². The second kappa shape index (κ2) is 4.77. The highest BCUT2D eigenvalue weighted by Gasteiger charge is 2.34. The fraction of sp³-hybridized carbons (Fsp3) is 0.562. The molecule has 0 bridgehead atoms. The minimum atomic E-state index is -0.272. The smallest absolute Gasteiger partial charge is 0.254 e. The maximum atomic E-state index is 12.7. The van der Waals surface area contributed by atoms with Crippen molar-refractivity contribution < 1.29 is 9.53 Å². The average molecular weight is 274 g/mol. The number of amides is 1. The quantitative estimate of drug-likeness (QED) is 0.854. The number of benzene rings is 1. The van der Waals surface area contributed by atoms with E-state index in [-0.39, 0.29) is 17.6 Å². The van der Waals surface area contributed by atoms with Gasteiger partial charge >= 0.3 is 0 Å². The number of morpholine rings is 1. The highest BCUT2D eigenvalue weighted by molar-refractivity contribution is 5.95. The van der Waals surface area contributed by atoms with E-state index in [4.69, 9.17) is 4.74 Å². The van der Waals surface area contributed by atoms with E-state index in [0.717, 1.165) is 24.2 Å². The predicted octanol–water partition coefficient (Wildman–Crippen LogP) is 2.29. The molecular weight excluding hydrogens is 252 g/mol. The van der Waals surface area contributed by atoms with Crippen LogP contribution < -0.4 is 5.32 Å². The molecule has 1 amide bonds. The van der Waals surface area contributed by atoms with Crippen molar-refractivity contribution >= 4 is 11.6 Å². The van der Waals surface area contributed by atoms with E-state index in [0.29, 0.717) is 13.1 Å². The van der Waals surface area contributed by atoms with Crippen LogP contribution in [-0.4, -0.2) is 42.1 Å². The molecule has 0 radical (unpaired) electrons. The number of nitrogens with one attached hydrogen (secondary N) is 1. The maximum absolute atomic E-state index is 12.7. The predicted molar refractivity (Wildman–Crippen MR) is 79.2 cm³/mol. The lowest BCUT2D eigenvalue weighted by atomic mass is 10.0. The van der Waals surface area contributed by atoms with Gasteiger partial charge in [0.25, 0.3) is 5.91 Å². The molecule has 2 aliphatic rings. The molecule has 0 saturated carbocycles. The molecule has 1 N–H and O–H groups in total. The highest BCUT2D eigenvalue weighted by Crippen LogP contribution is 2.26. The zero-order valence-electron chi connectivity index (χ0n) is 12.4. The number of fused-ring (bicyclic) bond motifs is 1. The monoisotopic (exact) mass is 274 g/mol. The van der Waals surface area contributed by atoms with Crippen LogP contribution in [0.5, 0.6) is 0 Å². The van der Waals surface area contributed by atoms with Crippen LogP contribution >= 0.6 is 0 Å². The van der Waals surface area contributed by atoms with Crippen LogP contribution in [0.1, 0.15) is 36.7 Å². The zero-order chi connectivity index (χ0) is 14.3.